The molecule has 1 unspecified atom stereocenters. The Kier molecular flexibility index (Phi) is 8.39. The number of rotatable bonds is 6. The van der Waals surface area contributed by atoms with E-state index in [1.165, 1.54) is 6.42 Å². The molecule has 0 aliphatic carbocycles. The molecule has 1 aromatic rings. The summed E-state index contributed by atoms with van der Waals surface area (Å²) >= 11 is 0. The van der Waals surface area contributed by atoms with Crippen LogP contribution in [0.2, 0.25) is 0 Å². The molecular formula is C19H30ClN3O2. The molecule has 1 fully saturated rings. The van der Waals surface area contributed by atoms with Crippen LogP contribution in [-0.4, -0.2) is 38.0 Å². The van der Waals surface area contributed by atoms with Crippen molar-refractivity contribution in [2.45, 2.75) is 33.6 Å². The maximum Gasteiger partial charge on any atom is 0.251 e. The zero-order chi connectivity index (χ0) is 17.6. The quantitative estimate of drug-likeness (QED) is 0.723. The summed E-state index contributed by atoms with van der Waals surface area (Å²) in [7, 11) is 0. The number of carbonyl (C=O) groups is 2. The molecule has 25 heavy (non-hydrogen) atoms. The Morgan fingerprint density at radius 3 is 2.12 bits per heavy atom. The van der Waals surface area contributed by atoms with Gasteiger partial charge in [0.2, 0.25) is 0 Å². The van der Waals surface area contributed by atoms with Crippen molar-refractivity contribution in [3.63, 3.8) is 0 Å². The molecule has 0 bridgehead atoms. The van der Waals surface area contributed by atoms with Gasteiger partial charge in [-0.05, 0) is 61.5 Å². The number of hydrogen-bond acceptors (Lipinski definition) is 3. The van der Waals surface area contributed by atoms with Crippen LogP contribution in [0.3, 0.4) is 0 Å². The Balaban J connectivity index is 0.00000312. The summed E-state index contributed by atoms with van der Waals surface area (Å²) in [5.74, 6) is 0.479. The molecule has 2 rings (SSSR count). The Morgan fingerprint density at radius 2 is 1.64 bits per heavy atom. The van der Waals surface area contributed by atoms with E-state index in [4.69, 9.17) is 0 Å². The summed E-state index contributed by atoms with van der Waals surface area (Å²) in [6.45, 7) is 9.65. The average molecular weight is 368 g/mol. The number of nitrogens with one attached hydrogen (secondary N) is 3. The Labute approximate surface area is 156 Å². The summed E-state index contributed by atoms with van der Waals surface area (Å²) in [6.07, 6.45) is 2.19. The second-order valence-corrected chi connectivity index (χ2v) is 7.72. The second-order valence-electron chi connectivity index (χ2n) is 7.72. The van der Waals surface area contributed by atoms with Crippen LogP contribution < -0.4 is 16.0 Å². The number of benzene rings is 1. The molecule has 0 radical (unpaired) electrons. The fraction of sp³-hybridized carbons (Fsp3) is 0.579. The first-order valence-electron chi connectivity index (χ1n) is 8.72. The highest BCUT2D eigenvalue weighted by atomic mass is 35.5. The van der Waals surface area contributed by atoms with Crippen molar-refractivity contribution >= 4 is 24.2 Å². The van der Waals surface area contributed by atoms with Crippen molar-refractivity contribution in [3.8, 4) is 0 Å². The fourth-order valence-electron chi connectivity index (χ4n) is 2.67. The number of hydrogen-bond donors (Lipinski definition) is 3. The van der Waals surface area contributed by atoms with Gasteiger partial charge in [-0.2, -0.15) is 0 Å². The lowest BCUT2D eigenvalue weighted by molar-refractivity contribution is 0.0932. The summed E-state index contributed by atoms with van der Waals surface area (Å²) < 4.78 is 0. The maximum atomic E-state index is 12.1. The zero-order valence-corrected chi connectivity index (χ0v) is 16.2. The molecule has 1 aliphatic rings. The molecule has 1 atom stereocenters. The molecule has 6 heteroatoms. The summed E-state index contributed by atoms with van der Waals surface area (Å²) in [4.78, 5) is 24.2. The normalized spacial score (nSPS) is 16.8. The van der Waals surface area contributed by atoms with Gasteiger partial charge in [0.05, 0.1) is 0 Å². The zero-order valence-electron chi connectivity index (χ0n) is 15.4. The van der Waals surface area contributed by atoms with E-state index < -0.39 is 0 Å². The minimum absolute atomic E-state index is 0. The van der Waals surface area contributed by atoms with E-state index in [1.54, 1.807) is 24.3 Å². The number of halogens is 1. The van der Waals surface area contributed by atoms with Crippen molar-refractivity contribution in [2.75, 3.05) is 26.2 Å². The highest BCUT2D eigenvalue weighted by Gasteiger charge is 2.15. The van der Waals surface area contributed by atoms with Crippen LogP contribution in [0.4, 0.5) is 0 Å². The minimum atomic E-state index is -0.106. The van der Waals surface area contributed by atoms with Crippen LogP contribution in [0.25, 0.3) is 0 Å². The van der Waals surface area contributed by atoms with Crippen LogP contribution in [-0.2, 0) is 0 Å². The molecule has 140 valence electrons. The Bertz CT molecular complexity index is 561. The fourth-order valence-corrected chi connectivity index (χ4v) is 2.67. The van der Waals surface area contributed by atoms with E-state index in [0.29, 0.717) is 30.1 Å². The molecule has 3 N–H and O–H groups in total. The molecule has 5 nitrogen and oxygen atoms in total. The van der Waals surface area contributed by atoms with Crippen LogP contribution in [0.15, 0.2) is 24.3 Å². The third-order valence-corrected chi connectivity index (χ3v) is 4.19. The van der Waals surface area contributed by atoms with Crippen LogP contribution >= 0.6 is 12.4 Å². The first-order chi connectivity index (χ1) is 11.3. The van der Waals surface area contributed by atoms with Gasteiger partial charge in [-0.15, -0.1) is 12.4 Å². The van der Waals surface area contributed by atoms with Crippen molar-refractivity contribution in [1.82, 2.24) is 16.0 Å². The first-order valence-corrected chi connectivity index (χ1v) is 8.72. The SMILES string of the molecule is CC(C)(C)CNC(=O)c1ccc(C(=O)NCCC2CCNC2)cc1.Cl. The van der Waals surface area contributed by atoms with E-state index in [2.05, 4.69) is 36.7 Å². The molecule has 0 saturated carbocycles. The highest BCUT2D eigenvalue weighted by Crippen LogP contribution is 2.12. The van der Waals surface area contributed by atoms with Gasteiger partial charge in [0, 0.05) is 24.2 Å². The highest BCUT2D eigenvalue weighted by molar-refractivity contribution is 5.97. The van der Waals surface area contributed by atoms with E-state index >= 15 is 0 Å². The Morgan fingerprint density at radius 1 is 1.08 bits per heavy atom. The average Bonchev–Trinajstić information content (AvgIpc) is 3.05. The number of carbonyl (C=O) groups excluding carboxylic acids is 2. The third kappa shape index (κ3) is 7.45. The maximum absolute atomic E-state index is 12.1. The molecule has 1 aromatic carbocycles. The van der Waals surface area contributed by atoms with Gasteiger partial charge in [-0.1, -0.05) is 20.8 Å². The van der Waals surface area contributed by atoms with Gasteiger partial charge in [0.15, 0.2) is 0 Å². The van der Waals surface area contributed by atoms with Gasteiger partial charge in [0.25, 0.3) is 11.8 Å². The molecule has 0 aromatic heterocycles. The lowest BCUT2D eigenvalue weighted by Gasteiger charge is -2.18. The van der Waals surface area contributed by atoms with E-state index in [9.17, 15) is 9.59 Å². The monoisotopic (exact) mass is 367 g/mol. The largest absolute Gasteiger partial charge is 0.352 e. The van der Waals surface area contributed by atoms with Gasteiger partial charge >= 0.3 is 0 Å². The predicted molar refractivity (Wildman–Crippen MR) is 103 cm³/mol. The van der Waals surface area contributed by atoms with Gasteiger partial charge < -0.3 is 16.0 Å². The molecule has 1 heterocycles. The van der Waals surface area contributed by atoms with Crippen molar-refractivity contribution in [2.24, 2.45) is 11.3 Å². The van der Waals surface area contributed by atoms with Crippen LogP contribution in [0.5, 0.6) is 0 Å². The lowest BCUT2D eigenvalue weighted by atomic mass is 9.97. The molecule has 1 saturated heterocycles. The number of amides is 2. The third-order valence-electron chi connectivity index (χ3n) is 4.19. The predicted octanol–water partition coefficient (Wildman–Crippen LogP) is 2.61. The van der Waals surface area contributed by atoms with Gasteiger partial charge in [-0.3, -0.25) is 9.59 Å². The van der Waals surface area contributed by atoms with E-state index in [0.717, 1.165) is 19.5 Å². The van der Waals surface area contributed by atoms with Gasteiger partial charge in [-0.25, -0.2) is 0 Å². The Hall–Kier alpha value is -1.59. The lowest BCUT2D eigenvalue weighted by Crippen LogP contribution is -2.32. The van der Waals surface area contributed by atoms with Crippen LogP contribution in [0, 0.1) is 11.3 Å². The van der Waals surface area contributed by atoms with Crippen molar-refractivity contribution in [3.05, 3.63) is 35.4 Å². The van der Waals surface area contributed by atoms with Crippen molar-refractivity contribution in [1.29, 1.82) is 0 Å². The molecular weight excluding hydrogens is 338 g/mol. The molecule has 2 amide bonds. The topological polar surface area (TPSA) is 70.2 Å². The van der Waals surface area contributed by atoms with Gasteiger partial charge in [0.1, 0.15) is 0 Å². The first kappa shape index (κ1) is 21.5. The summed E-state index contributed by atoms with van der Waals surface area (Å²) in [5.41, 5.74) is 1.21. The van der Waals surface area contributed by atoms with E-state index in [1.807, 2.05) is 0 Å². The summed E-state index contributed by atoms with van der Waals surface area (Å²) in [6, 6.07) is 6.82. The molecule has 0 spiro atoms. The van der Waals surface area contributed by atoms with E-state index in [-0.39, 0.29) is 29.6 Å². The summed E-state index contributed by atoms with van der Waals surface area (Å²) in [5, 5.41) is 9.19. The second kappa shape index (κ2) is 9.78. The van der Waals surface area contributed by atoms with Crippen LogP contribution in [0.1, 0.15) is 54.3 Å². The smallest absolute Gasteiger partial charge is 0.251 e. The molecule has 1 aliphatic heterocycles. The van der Waals surface area contributed by atoms with Crippen molar-refractivity contribution < 1.29 is 9.59 Å². The standard InChI is InChI=1S/C19H29N3O2.ClH/c1-19(2,3)13-22-18(24)16-6-4-15(5-7-16)17(23)21-11-9-14-8-10-20-12-14;/h4-7,14,20H,8-13H2,1-3H3,(H,21,23)(H,22,24);1H. The minimum Gasteiger partial charge on any atom is -0.352 e.